The Morgan fingerprint density at radius 2 is 2.11 bits per heavy atom. The van der Waals surface area contributed by atoms with Crippen molar-refractivity contribution in [2.45, 2.75) is 50.6 Å². The first-order valence-corrected chi connectivity index (χ1v) is 8.27. The van der Waals surface area contributed by atoms with Gasteiger partial charge in [-0.3, -0.25) is 0 Å². The number of sulfonamides is 1. The molecule has 1 rings (SSSR count). The van der Waals surface area contributed by atoms with Gasteiger partial charge in [0, 0.05) is 12.6 Å². The van der Waals surface area contributed by atoms with Gasteiger partial charge in [-0.05, 0) is 31.0 Å². The van der Waals surface area contributed by atoms with E-state index in [0.29, 0.717) is 6.54 Å². The van der Waals surface area contributed by atoms with E-state index in [0.717, 1.165) is 24.8 Å². The first-order chi connectivity index (χ1) is 8.90. The highest BCUT2D eigenvalue weighted by Crippen LogP contribution is 2.23. The van der Waals surface area contributed by atoms with Gasteiger partial charge in [0.15, 0.2) is 0 Å². The third kappa shape index (κ3) is 4.76. The lowest BCUT2D eigenvalue weighted by atomic mass is 10.2. The van der Waals surface area contributed by atoms with Crippen LogP contribution in [0.2, 0.25) is 5.02 Å². The molecule has 0 aliphatic carbocycles. The molecule has 0 aliphatic heterocycles. The van der Waals surface area contributed by atoms with Crippen molar-refractivity contribution in [1.29, 1.82) is 0 Å². The molecule has 0 fully saturated rings. The molecule has 3 N–H and O–H groups in total. The second kappa shape index (κ2) is 7.24. The fourth-order valence-electron chi connectivity index (χ4n) is 1.79. The number of nitrogens with two attached hydrogens (primary N) is 1. The van der Waals surface area contributed by atoms with E-state index in [9.17, 15) is 8.42 Å². The zero-order valence-corrected chi connectivity index (χ0v) is 12.9. The summed E-state index contributed by atoms with van der Waals surface area (Å²) in [6, 6.07) is 4.67. The first kappa shape index (κ1) is 16.4. The highest BCUT2D eigenvalue weighted by molar-refractivity contribution is 7.89. The average molecular weight is 305 g/mol. The molecule has 1 aromatic carbocycles. The average Bonchev–Trinajstić information content (AvgIpc) is 2.35. The molecule has 0 spiro atoms. The summed E-state index contributed by atoms with van der Waals surface area (Å²) in [7, 11) is -3.57. The van der Waals surface area contributed by atoms with Crippen LogP contribution in [0.15, 0.2) is 23.1 Å². The molecule has 1 atom stereocenters. The normalized spacial score (nSPS) is 13.5. The SMILES string of the molecule is CCCCC(C)NS(=O)(=O)c1ccc(CN)cc1Cl. The lowest BCUT2D eigenvalue weighted by Crippen LogP contribution is -2.32. The molecule has 0 aromatic heterocycles. The molecule has 1 unspecified atom stereocenters. The Balaban J connectivity index is 2.88. The number of hydrogen-bond acceptors (Lipinski definition) is 3. The molecule has 1 aromatic rings. The smallest absolute Gasteiger partial charge is 0.242 e. The van der Waals surface area contributed by atoms with Crippen LogP contribution in [0.4, 0.5) is 0 Å². The number of hydrogen-bond donors (Lipinski definition) is 2. The third-order valence-corrected chi connectivity index (χ3v) is 4.94. The number of halogens is 1. The Hall–Kier alpha value is -0.620. The van der Waals surface area contributed by atoms with Crippen molar-refractivity contribution >= 4 is 21.6 Å². The molecular weight excluding hydrogens is 284 g/mol. The summed E-state index contributed by atoms with van der Waals surface area (Å²) in [5.74, 6) is 0. The van der Waals surface area contributed by atoms with Gasteiger partial charge in [-0.1, -0.05) is 37.4 Å². The molecule has 0 bridgehead atoms. The highest BCUT2D eigenvalue weighted by atomic mass is 35.5. The topological polar surface area (TPSA) is 72.2 Å². The minimum atomic E-state index is -3.57. The largest absolute Gasteiger partial charge is 0.326 e. The summed E-state index contributed by atoms with van der Waals surface area (Å²) >= 11 is 6.01. The van der Waals surface area contributed by atoms with Crippen LogP contribution in [0, 0.1) is 0 Å². The molecule has 0 aliphatic rings. The van der Waals surface area contributed by atoms with Gasteiger partial charge >= 0.3 is 0 Å². The molecule has 0 saturated heterocycles. The summed E-state index contributed by atoms with van der Waals surface area (Å²) < 4.78 is 27.0. The second-order valence-corrected chi connectivity index (χ2v) is 6.72. The minimum Gasteiger partial charge on any atom is -0.326 e. The number of benzene rings is 1. The zero-order valence-electron chi connectivity index (χ0n) is 11.3. The predicted octanol–water partition coefficient (Wildman–Crippen LogP) is 2.66. The van der Waals surface area contributed by atoms with Crippen molar-refractivity contribution in [1.82, 2.24) is 4.72 Å². The lowest BCUT2D eigenvalue weighted by molar-refractivity contribution is 0.534. The van der Waals surface area contributed by atoms with Crippen LogP contribution in [0.3, 0.4) is 0 Å². The van der Waals surface area contributed by atoms with Crippen LogP contribution in [0.5, 0.6) is 0 Å². The molecule has 0 amide bonds. The highest BCUT2D eigenvalue weighted by Gasteiger charge is 2.20. The van der Waals surface area contributed by atoms with Gasteiger partial charge in [0.05, 0.1) is 5.02 Å². The first-order valence-electron chi connectivity index (χ1n) is 6.41. The maximum absolute atomic E-state index is 12.2. The molecule has 0 radical (unpaired) electrons. The van der Waals surface area contributed by atoms with Crippen LogP contribution in [-0.2, 0) is 16.6 Å². The fourth-order valence-corrected chi connectivity index (χ4v) is 3.63. The Morgan fingerprint density at radius 3 is 2.63 bits per heavy atom. The Bertz CT molecular complexity index is 517. The van der Waals surface area contributed by atoms with E-state index in [1.807, 2.05) is 6.92 Å². The summed E-state index contributed by atoms with van der Waals surface area (Å²) in [4.78, 5) is 0.106. The van der Waals surface area contributed by atoms with Crippen molar-refractivity contribution in [3.05, 3.63) is 28.8 Å². The predicted molar refractivity (Wildman–Crippen MR) is 78.7 cm³/mol. The van der Waals surface area contributed by atoms with Crippen LogP contribution in [0.25, 0.3) is 0 Å². The van der Waals surface area contributed by atoms with Gasteiger partial charge < -0.3 is 5.73 Å². The second-order valence-electron chi connectivity index (χ2n) is 4.63. The van der Waals surface area contributed by atoms with Crippen molar-refractivity contribution in [2.24, 2.45) is 5.73 Å². The van der Waals surface area contributed by atoms with E-state index in [4.69, 9.17) is 17.3 Å². The monoisotopic (exact) mass is 304 g/mol. The fraction of sp³-hybridized carbons (Fsp3) is 0.538. The summed E-state index contributed by atoms with van der Waals surface area (Å²) in [5, 5.41) is 0.207. The quantitative estimate of drug-likeness (QED) is 0.813. The molecular formula is C13H21ClN2O2S. The van der Waals surface area contributed by atoms with Gasteiger partial charge in [-0.25, -0.2) is 13.1 Å². The van der Waals surface area contributed by atoms with E-state index < -0.39 is 10.0 Å². The standard InChI is InChI=1S/C13H21ClN2O2S/c1-3-4-5-10(2)16-19(17,18)13-7-6-11(9-15)8-12(13)14/h6-8,10,16H,3-5,9,15H2,1-2H3. The molecule has 6 heteroatoms. The van der Waals surface area contributed by atoms with Gasteiger partial charge in [-0.2, -0.15) is 0 Å². The van der Waals surface area contributed by atoms with E-state index in [1.165, 1.54) is 6.07 Å². The van der Waals surface area contributed by atoms with Gasteiger partial charge in [0.2, 0.25) is 10.0 Å². The zero-order chi connectivity index (χ0) is 14.5. The Morgan fingerprint density at radius 1 is 1.42 bits per heavy atom. The van der Waals surface area contributed by atoms with Crippen LogP contribution in [0.1, 0.15) is 38.7 Å². The summed E-state index contributed by atoms with van der Waals surface area (Å²) in [6.07, 6.45) is 2.84. The van der Waals surface area contributed by atoms with Gasteiger partial charge in [0.1, 0.15) is 4.90 Å². The Kier molecular flexibility index (Phi) is 6.26. The number of rotatable bonds is 7. The molecule has 108 valence electrons. The van der Waals surface area contributed by atoms with Crippen molar-refractivity contribution in [3.63, 3.8) is 0 Å². The van der Waals surface area contributed by atoms with E-state index in [1.54, 1.807) is 12.1 Å². The third-order valence-electron chi connectivity index (χ3n) is 2.87. The van der Waals surface area contributed by atoms with Crippen LogP contribution >= 0.6 is 11.6 Å². The maximum Gasteiger partial charge on any atom is 0.242 e. The number of nitrogens with one attached hydrogen (secondary N) is 1. The van der Waals surface area contributed by atoms with Crippen LogP contribution in [-0.4, -0.2) is 14.5 Å². The van der Waals surface area contributed by atoms with Crippen molar-refractivity contribution in [3.8, 4) is 0 Å². The Labute approximate surface area is 120 Å². The van der Waals surface area contributed by atoms with Gasteiger partial charge in [0.25, 0.3) is 0 Å². The number of unbranched alkanes of at least 4 members (excludes halogenated alkanes) is 1. The van der Waals surface area contributed by atoms with E-state index in [-0.39, 0.29) is 16.0 Å². The lowest BCUT2D eigenvalue weighted by Gasteiger charge is -2.15. The summed E-state index contributed by atoms with van der Waals surface area (Å²) in [6.45, 7) is 4.26. The minimum absolute atomic E-state index is 0.102. The molecule has 4 nitrogen and oxygen atoms in total. The van der Waals surface area contributed by atoms with Crippen molar-refractivity contribution < 1.29 is 8.42 Å². The molecule has 19 heavy (non-hydrogen) atoms. The van der Waals surface area contributed by atoms with E-state index >= 15 is 0 Å². The maximum atomic E-state index is 12.2. The molecule has 0 saturated carbocycles. The molecule has 0 heterocycles. The van der Waals surface area contributed by atoms with Crippen LogP contribution < -0.4 is 10.5 Å². The summed E-state index contributed by atoms with van der Waals surface area (Å²) in [5.41, 5.74) is 6.30. The van der Waals surface area contributed by atoms with Crippen molar-refractivity contribution in [2.75, 3.05) is 0 Å². The van der Waals surface area contributed by atoms with Gasteiger partial charge in [-0.15, -0.1) is 0 Å². The van der Waals surface area contributed by atoms with E-state index in [2.05, 4.69) is 11.6 Å².